The van der Waals surface area contributed by atoms with Gasteiger partial charge in [-0.15, -0.1) is 0 Å². The van der Waals surface area contributed by atoms with Crippen LogP contribution in [0.2, 0.25) is 0 Å². The van der Waals surface area contributed by atoms with Gasteiger partial charge in [0, 0.05) is 17.3 Å². The molecule has 3 aromatic carbocycles. The molecule has 0 saturated carbocycles. The summed E-state index contributed by atoms with van der Waals surface area (Å²) >= 11 is 0. The van der Waals surface area contributed by atoms with Gasteiger partial charge in [-0.25, -0.2) is 4.39 Å². The highest BCUT2D eigenvalue weighted by Gasteiger charge is 2.46. The van der Waals surface area contributed by atoms with Gasteiger partial charge in [-0.2, -0.15) is 0 Å². The van der Waals surface area contributed by atoms with Crippen LogP contribution in [0, 0.1) is 17.7 Å². The number of hydrogen-bond acceptors (Lipinski definition) is 3. The molecule has 2 amide bonds. The molecule has 0 heterocycles. The minimum absolute atomic E-state index is 0.339. The van der Waals surface area contributed by atoms with Crippen LogP contribution in [0.1, 0.15) is 18.4 Å². The van der Waals surface area contributed by atoms with Crippen LogP contribution in [-0.4, -0.2) is 17.6 Å². The Hall–Kier alpha value is -4.06. The van der Waals surface area contributed by atoms with Crippen molar-refractivity contribution in [2.75, 3.05) is 10.6 Å². The quantitative estimate of drug-likeness (QED) is 0.549. The number of halogens is 1. The van der Waals surface area contributed by atoms with Crippen molar-refractivity contribution in [1.29, 1.82) is 0 Å². The second-order valence-corrected chi connectivity index (χ2v) is 8.03. The molecule has 0 aliphatic heterocycles. The molecule has 1 aliphatic rings. The average Bonchev–Trinajstić information content (AvgIpc) is 2.80. The lowest BCUT2D eigenvalue weighted by Crippen LogP contribution is -2.44. The molecule has 6 heteroatoms. The summed E-state index contributed by atoms with van der Waals surface area (Å²) in [4.78, 5) is 39.8. The van der Waals surface area contributed by atoms with Crippen LogP contribution >= 0.6 is 0 Å². The van der Waals surface area contributed by atoms with Crippen molar-refractivity contribution in [2.45, 2.75) is 12.8 Å². The lowest BCUT2D eigenvalue weighted by molar-refractivity contribution is -0.131. The zero-order chi connectivity index (χ0) is 23.4. The third-order valence-electron chi connectivity index (χ3n) is 5.79. The van der Waals surface area contributed by atoms with E-state index < -0.39 is 29.5 Å². The van der Waals surface area contributed by atoms with E-state index in [0.29, 0.717) is 22.5 Å². The van der Waals surface area contributed by atoms with Crippen LogP contribution in [0.5, 0.6) is 0 Å². The minimum Gasteiger partial charge on any atom is -0.326 e. The van der Waals surface area contributed by atoms with Crippen molar-refractivity contribution in [3.05, 3.63) is 108 Å². The van der Waals surface area contributed by atoms with E-state index >= 15 is 0 Å². The van der Waals surface area contributed by atoms with E-state index in [9.17, 15) is 18.8 Å². The second-order valence-electron chi connectivity index (χ2n) is 8.03. The van der Waals surface area contributed by atoms with Crippen LogP contribution in [-0.2, 0) is 14.4 Å². The molecule has 4 rings (SSSR count). The fourth-order valence-corrected chi connectivity index (χ4v) is 4.27. The molecule has 0 spiro atoms. The maximum absolute atomic E-state index is 13.7. The Kier molecular flexibility index (Phi) is 6.45. The SMILES string of the molecule is CC1=CC(=O)C(C(=O)Nc2ccccc2)C(c2ccc(F)cc2)C1C(=O)Nc1ccccc1. The zero-order valence-corrected chi connectivity index (χ0v) is 18.0. The number of anilines is 2. The van der Waals surface area contributed by atoms with Crippen molar-refractivity contribution < 1.29 is 18.8 Å². The van der Waals surface area contributed by atoms with Crippen LogP contribution in [0.15, 0.2) is 96.6 Å². The van der Waals surface area contributed by atoms with Crippen molar-refractivity contribution in [3.8, 4) is 0 Å². The van der Waals surface area contributed by atoms with E-state index in [4.69, 9.17) is 0 Å². The van der Waals surface area contributed by atoms with Crippen LogP contribution in [0.25, 0.3) is 0 Å². The van der Waals surface area contributed by atoms with Gasteiger partial charge in [0.2, 0.25) is 11.8 Å². The fourth-order valence-electron chi connectivity index (χ4n) is 4.27. The van der Waals surface area contributed by atoms with E-state index in [-0.39, 0.29) is 11.7 Å². The molecule has 3 unspecified atom stereocenters. The van der Waals surface area contributed by atoms with E-state index in [0.717, 1.165) is 0 Å². The Labute approximate surface area is 191 Å². The predicted octanol–water partition coefficient (Wildman–Crippen LogP) is 4.95. The van der Waals surface area contributed by atoms with Gasteiger partial charge >= 0.3 is 0 Å². The van der Waals surface area contributed by atoms with E-state index in [1.165, 1.54) is 30.3 Å². The molecule has 0 aromatic heterocycles. The average molecular weight is 442 g/mol. The molecule has 3 aromatic rings. The predicted molar refractivity (Wildman–Crippen MR) is 125 cm³/mol. The van der Waals surface area contributed by atoms with E-state index in [1.807, 2.05) is 12.1 Å². The van der Waals surface area contributed by atoms with Crippen molar-refractivity contribution >= 4 is 29.0 Å². The van der Waals surface area contributed by atoms with Gasteiger partial charge in [-0.3, -0.25) is 14.4 Å². The topological polar surface area (TPSA) is 75.3 Å². The Morgan fingerprint density at radius 3 is 1.73 bits per heavy atom. The molecule has 2 N–H and O–H groups in total. The molecular formula is C27H23FN2O3. The van der Waals surface area contributed by atoms with Gasteiger partial charge < -0.3 is 10.6 Å². The summed E-state index contributed by atoms with van der Waals surface area (Å²) in [6, 6.07) is 23.4. The highest BCUT2D eigenvalue weighted by Crippen LogP contribution is 2.42. The number of carbonyl (C=O) groups excluding carboxylic acids is 3. The molecule has 33 heavy (non-hydrogen) atoms. The van der Waals surface area contributed by atoms with Crippen molar-refractivity contribution in [2.24, 2.45) is 11.8 Å². The first kappa shape index (κ1) is 22.1. The van der Waals surface area contributed by atoms with Gasteiger partial charge in [-0.05, 0) is 55.0 Å². The monoisotopic (exact) mass is 442 g/mol. The molecule has 0 fully saturated rings. The first-order chi connectivity index (χ1) is 15.9. The number of nitrogens with one attached hydrogen (secondary N) is 2. The maximum Gasteiger partial charge on any atom is 0.235 e. The summed E-state index contributed by atoms with van der Waals surface area (Å²) in [5, 5.41) is 5.66. The Morgan fingerprint density at radius 1 is 0.727 bits per heavy atom. The Bertz CT molecular complexity index is 1190. The van der Waals surface area contributed by atoms with Gasteiger partial charge in [0.1, 0.15) is 11.7 Å². The number of rotatable bonds is 5. The summed E-state index contributed by atoms with van der Waals surface area (Å²) in [6.45, 7) is 1.70. The molecule has 166 valence electrons. The first-order valence-electron chi connectivity index (χ1n) is 10.6. The number of benzene rings is 3. The number of allylic oxidation sites excluding steroid dienone is 1. The first-order valence-corrected chi connectivity index (χ1v) is 10.6. The summed E-state index contributed by atoms with van der Waals surface area (Å²) in [5.41, 5.74) is 2.24. The minimum atomic E-state index is -1.15. The molecule has 1 aliphatic carbocycles. The smallest absolute Gasteiger partial charge is 0.235 e. The summed E-state index contributed by atoms with van der Waals surface area (Å²) < 4.78 is 13.7. The highest BCUT2D eigenvalue weighted by molar-refractivity contribution is 6.14. The van der Waals surface area contributed by atoms with E-state index in [2.05, 4.69) is 10.6 Å². The van der Waals surface area contributed by atoms with Gasteiger partial charge in [0.25, 0.3) is 0 Å². The normalized spacial score (nSPS) is 20.0. The van der Waals surface area contributed by atoms with E-state index in [1.54, 1.807) is 55.5 Å². The van der Waals surface area contributed by atoms with Crippen LogP contribution in [0.3, 0.4) is 0 Å². The number of hydrogen-bond donors (Lipinski definition) is 2. The molecular weight excluding hydrogens is 419 g/mol. The summed E-state index contributed by atoms with van der Waals surface area (Å²) in [7, 11) is 0. The van der Waals surface area contributed by atoms with Crippen LogP contribution in [0.4, 0.5) is 15.8 Å². The molecule has 0 radical (unpaired) electrons. The number of amides is 2. The van der Waals surface area contributed by atoms with Gasteiger partial charge in [0.05, 0.1) is 5.92 Å². The van der Waals surface area contributed by atoms with Crippen molar-refractivity contribution in [3.63, 3.8) is 0 Å². The third kappa shape index (κ3) is 4.90. The molecule has 0 saturated heterocycles. The van der Waals surface area contributed by atoms with Crippen LogP contribution < -0.4 is 10.6 Å². The molecule has 0 bridgehead atoms. The molecule has 5 nitrogen and oxygen atoms in total. The lowest BCUT2D eigenvalue weighted by Gasteiger charge is -2.35. The number of carbonyl (C=O) groups is 3. The number of para-hydroxylation sites is 2. The summed E-state index contributed by atoms with van der Waals surface area (Å²) in [6.07, 6.45) is 1.37. The lowest BCUT2D eigenvalue weighted by atomic mass is 9.67. The van der Waals surface area contributed by atoms with Gasteiger partial charge in [-0.1, -0.05) is 54.1 Å². The summed E-state index contributed by atoms with van der Waals surface area (Å²) in [5.74, 6) is -4.42. The zero-order valence-electron chi connectivity index (χ0n) is 18.0. The fraction of sp³-hybridized carbons (Fsp3) is 0.148. The van der Waals surface area contributed by atoms with Gasteiger partial charge in [0.15, 0.2) is 5.78 Å². The standard InChI is InChI=1S/C27H23FN2O3/c1-17-16-22(31)25(27(33)30-21-10-6-3-7-11-21)24(18-12-14-19(28)15-13-18)23(17)26(32)29-20-8-4-2-5-9-20/h2-16,23-25H,1H3,(H,29,32)(H,30,33). The number of ketones is 1. The Morgan fingerprint density at radius 2 is 1.21 bits per heavy atom. The Balaban J connectivity index is 1.74. The third-order valence-corrected chi connectivity index (χ3v) is 5.79. The second kappa shape index (κ2) is 9.61. The maximum atomic E-state index is 13.7. The highest BCUT2D eigenvalue weighted by atomic mass is 19.1. The van der Waals surface area contributed by atoms with Crippen molar-refractivity contribution in [1.82, 2.24) is 0 Å². The largest absolute Gasteiger partial charge is 0.326 e. The molecule has 3 atom stereocenters.